The number of amides is 1. The van der Waals surface area contributed by atoms with Crippen LogP contribution in [-0.4, -0.2) is 20.9 Å². The van der Waals surface area contributed by atoms with Crippen LogP contribution in [0.1, 0.15) is 31.6 Å². The van der Waals surface area contributed by atoms with E-state index in [1.54, 1.807) is 13.0 Å². The SMILES string of the molecule is C/C(N)=C(/SN)C(=O)Nc1cnc(-c2cc3oc(C4CC4)nc3cc2Cl)cn1. The molecule has 5 N–H and O–H groups in total. The molecule has 8 nitrogen and oxygen atoms in total. The number of carbonyl (C=O) groups is 1. The van der Waals surface area contributed by atoms with E-state index in [9.17, 15) is 4.79 Å². The van der Waals surface area contributed by atoms with Crippen LogP contribution in [0.25, 0.3) is 22.4 Å². The first kappa shape index (κ1) is 18.7. The van der Waals surface area contributed by atoms with Gasteiger partial charge in [-0.3, -0.25) is 14.9 Å². The van der Waals surface area contributed by atoms with Crippen LogP contribution < -0.4 is 16.2 Å². The van der Waals surface area contributed by atoms with Crippen LogP contribution in [0.15, 0.2) is 39.5 Å². The molecule has 1 aromatic carbocycles. The van der Waals surface area contributed by atoms with Gasteiger partial charge in [-0.15, -0.1) is 0 Å². The minimum atomic E-state index is -0.441. The predicted molar refractivity (Wildman–Crippen MR) is 109 cm³/mol. The van der Waals surface area contributed by atoms with Crippen molar-refractivity contribution < 1.29 is 9.21 Å². The Hall–Kier alpha value is -2.62. The summed E-state index contributed by atoms with van der Waals surface area (Å²) in [6.07, 6.45) is 5.17. The second kappa shape index (κ2) is 7.42. The third-order valence-corrected chi connectivity index (χ3v) is 5.33. The zero-order valence-electron chi connectivity index (χ0n) is 14.9. The van der Waals surface area contributed by atoms with Crippen molar-refractivity contribution in [3.8, 4) is 11.3 Å². The van der Waals surface area contributed by atoms with Gasteiger partial charge in [-0.1, -0.05) is 11.6 Å². The van der Waals surface area contributed by atoms with Crippen molar-refractivity contribution in [3.63, 3.8) is 0 Å². The second-order valence-corrected chi connectivity index (χ2v) is 7.55. The van der Waals surface area contributed by atoms with Gasteiger partial charge in [-0.05, 0) is 43.8 Å². The lowest BCUT2D eigenvalue weighted by atomic mass is 10.1. The van der Waals surface area contributed by atoms with Gasteiger partial charge >= 0.3 is 0 Å². The molecule has 0 atom stereocenters. The number of hydrogen-bond donors (Lipinski definition) is 3. The lowest BCUT2D eigenvalue weighted by molar-refractivity contribution is -0.112. The van der Waals surface area contributed by atoms with Crippen LogP contribution in [0, 0.1) is 0 Å². The Morgan fingerprint density at radius 1 is 1.32 bits per heavy atom. The molecule has 1 aliphatic carbocycles. The minimum absolute atomic E-state index is 0.219. The third-order valence-electron chi connectivity index (χ3n) is 4.27. The summed E-state index contributed by atoms with van der Waals surface area (Å²) in [7, 11) is 0. The number of nitrogens with two attached hydrogens (primary N) is 2. The standard InChI is InChI=1S/C18H17ClN6O2S/c1-8(20)16(28-21)17(26)25-15-7-22-13(6-23-15)10-4-14-12(5-11(10)19)24-18(27-14)9-2-3-9/h4-7,9H,2-3,20-21H2,1H3,(H,23,25,26)/b16-8-. The highest BCUT2D eigenvalue weighted by Crippen LogP contribution is 2.41. The van der Waals surface area contributed by atoms with Crippen LogP contribution in [0.2, 0.25) is 5.02 Å². The van der Waals surface area contributed by atoms with Crippen LogP contribution in [0.3, 0.4) is 0 Å². The van der Waals surface area contributed by atoms with Gasteiger partial charge in [-0.2, -0.15) is 0 Å². The molecule has 2 heterocycles. The monoisotopic (exact) mass is 416 g/mol. The number of nitrogens with zero attached hydrogens (tertiary/aromatic N) is 3. The molecule has 0 unspecified atom stereocenters. The van der Waals surface area contributed by atoms with Crippen LogP contribution in [-0.2, 0) is 4.79 Å². The van der Waals surface area contributed by atoms with Gasteiger partial charge in [-0.25, -0.2) is 9.97 Å². The summed E-state index contributed by atoms with van der Waals surface area (Å²) < 4.78 is 5.84. The Morgan fingerprint density at radius 3 is 2.71 bits per heavy atom. The highest BCUT2D eigenvalue weighted by Gasteiger charge is 2.29. The summed E-state index contributed by atoms with van der Waals surface area (Å²) in [5, 5.41) is 8.57. The maximum Gasteiger partial charge on any atom is 0.266 e. The number of allylic oxidation sites excluding steroid dienone is 1. The molecule has 144 valence electrons. The topological polar surface area (TPSA) is 133 Å². The van der Waals surface area contributed by atoms with E-state index in [2.05, 4.69) is 20.3 Å². The van der Waals surface area contributed by atoms with Crippen molar-refractivity contribution in [2.45, 2.75) is 25.7 Å². The van der Waals surface area contributed by atoms with Crippen molar-refractivity contribution in [1.29, 1.82) is 0 Å². The third kappa shape index (κ3) is 3.68. The number of aromatic nitrogens is 3. The fourth-order valence-electron chi connectivity index (χ4n) is 2.70. The van der Waals surface area contributed by atoms with Crippen molar-refractivity contribution in [2.75, 3.05) is 5.32 Å². The van der Waals surface area contributed by atoms with E-state index in [1.807, 2.05) is 6.07 Å². The molecule has 0 spiro atoms. The molecule has 1 amide bonds. The highest BCUT2D eigenvalue weighted by molar-refractivity contribution is 8.01. The zero-order chi connectivity index (χ0) is 19.8. The lowest BCUT2D eigenvalue weighted by Crippen LogP contribution is -2.18. The van der Waals surface area contributed by atoms with Crippen LogP contribution in [0.4, 0.5) is 5.82 Å². The first-order chi connectivity index (χ1) is 13.5. The van der Waals surface area contributed by atoms with Gasteiger partial charge in [0.15, 0.2) is 17.3 Å². The smallest absolute Gasteiger partial charge is 0.266 e. The molecule has 4 rings (SSSR count). The predicted octanol–water partition coefficient (Wildman–Crippen LogP) is 3.55. The largest absolute Gasteiger partial charge is 0.440 e. The molecular formula is C18H17ClN6O2S. The van der Waals surface area contributed by atoms with Crippen LogP contribution >= 0.6 is 23.5 Å². The van der Waals surface area contributed by atoms with Gasteiger partial charge in [0.05, 0.1) is 23.1 Å². The number of halogens is 1. The number of oxazole rings is 1. The molecule has 28 heavy (non-hydrogen) atoms. The van der Waals surface area contributed by atoms with E-state index in [4.69, 9.17) is 26.9 Å². The quantitative estimate of drug-likeness (QED) is 0.424. The number of fused-ring (bicyclic) bond motifs is 1. The number of carbonyl (C=O) groups excluding carboxylic acids is 1. The molecule has 0 saturated heterocycles. The fraction of sp³-hybridized carbons (Fsp3) is 0.222. The van der Waals surface area contributed by atoms with Gasteiger partial charge in [0.2, 0.25) is 0 Å². The molecule has 0 bridgehead atoms. The van der Waals surface area contributed by atoms with Crippen LogP contribution in [0.5, 0.6) is 0 Å². The Labute approximate surface area is 169 Å². The average molecular weight is 417 g/mol. The Bertz CT molecular complexity index is 1090. The molecule has 0 radical (unpaired) electrons. The zero-order valence-corrected chi connectivity index (χ0v) is 16.5. The average Bonchev–Trinajstić information content (AvgIpc) is 3.42. The molecule has 3 aromatic rings. The Balaban J connectivity index is 1.59. The maximum absolute atomic E-state index is 12.1. The van der Waals surface area contributed by atoms with E-state index in [0.717, 1.165) is 36.2 Å². The summed E-state index contributed by atoms with van der Waals surface area (Å²) in [6.45, 7) is 1.60. The van der Waals surface area contributed by atoms with Gasteiger partial charge in [0.1, 0.15) is 10.4 Å². The van der Waals surface area contributed by atoms with E-state index < -0.39 is 5.91 Å². The summed E-state index contributed by atoms with van der Waals surface area (Å²) in [5.74, 6) is 1.00. The van der Waals surface area contributed by atoms with Crippen molar-refractivity contribution in [2.24, 2.45) is 10.9 Å². The maximum atomic E-state index is 12.1. The Kier molecular flexibility index (Phi) is 4.96. The molecule has 1 saturated carbocycles. The second-order valence-electron chi connectivity index (χ2n) is 6.50. The van der Waals surface area contributed by atoms with E-state index in [-0.39, 0.29) is 10.7 Å². The first-order valence-corrected chi connectivity index (χ1v) is 9.79. The van der Waals surface area contributed by atoms with Crippen molar-refractivity contribution in [3.05, 3.63) is 46.0 Å². The molecule has 2 aromatic heterocycles. The van der Waals surface area contributed by atoms with E-state index in [1.165, 1.54) is 12.4 Å². The lowest BCUT2D eigenvalue weighted by Gasteiger charge is -2.08. The highest BCUT2D eigenvalue weighted by atomic mass is 35.5. The number of anilines is 1. The fourth-order valence-corrected chi connectivity index (χ4v) is 3.30. The minimum Gasteiger partial charge on any atom is -0.440 e. The molecule has 10 heteroatoms. The molecular weight excluding hydrogens is 400 g/mol. The summed E-state index contributed by atoms with van der Waals surface area (Å²) >= 11 is 7.18. The van der Waals surface area contributed by atoms with Gasteiger partial charge < -0.3 is 15.5 Å². The number of rotatable bonds is 5. The van der Waals surface area contributed by atoms with Crippen molar-refractivity contribution >= 4 is 46.4 Å². The summed E-state index contributed by atoms with van der Waals surface area (Å²) in [5.41, 5.74) is 8.58. The molecule has 1 fully saturated rings. The number of benzene rings is 1. The van der Waals surface area contributed by atoms with Gasteiger partial charge in [0.25, 0.3) is 5.91 Å². The summed E-state index contributed by atoms with van der Waals surface area (Å²) in [6, 6.07) is 3.57. The van der Waals surface area contributed by atoms with Crippen molar-refractivity contribution in [1.82, 2.24) is 15.0 Å². The molecule has 0 aliphatic heterocycles. The summed E-state index contributed by atoms with van der Waals surface area (Å²) in [4.78, 5) is 25.4. The number of nitrogens with one attached hydrogen (secondary N) is 1. The Morgan fingerprint density at radius 2 is 2.11 bits per heavy atom. The van der Waals surface area contributed by atoms with E-state index >= 15 is 0 Å². The van der Waals surface area contributed by atoms with Gasteiger partial charge in [0, 0.05) is 17.2 Å². The first-order valence-electron chi connectivity index (χ1n) is 8.53. The molecule has 1 aliphatic rings. The number of hydrogen-bond acceptors (Lipinski definition) is 8. The normalized spacial score (nSPS) is 14.8. The van der Waals surface area contributed by atoms with E-state index in [0.29, 0.717) is 33.5 Å².